The number of thioether (sulfide) groups is 2. The lowest BCUT2D eigenvalue weighted by Gasteiger charge is -2.12. The van der Waals surface area contributed by atoms with Gasteiger partial charge in [0.1, 0.15) is 0 Å². The van der Waals surface area contributed by atoms with E-state index >= 15 is 0 Å². The number of carbonyl (C=O) groups is 2. The first-order valence-corrected chi connectivity index (χ1v) is 13.3. The lowest BCUT2D eigenvalue weighted by molar-refractivity contribution is -0.116. The minimum Gasteiger partial charge on any atom is -0.378 e. The molecule has 0 amide bonds. The van der Waals surface area contributed by atoms with Gasteiger partial charge in [-0.25, -0.2) is 0 Å². The van der Waals surface area contributed by atoms with Gasteiger partial charge in [0.05, 0.1) is 9.81 Å². The predicted molar refractivity (Wildman–Crippen MR) is 151 cm³/mol. The second kappa shape index (κ2) is 12.7. The highest BCUT2D eigenvalue weighted by atomic mass is 32.2. The van der Waals surface area contributed by atoms with Gasteiger partial charge in [-0.3, -0.25) is 9.59 Å². The molecular formula is C28H32N2O2S2. The largest absolute Gasteiger partial charge is 0.378 e. The molecule has 1 aliphatic heterocycles. The summed E-state index contributed by atoms with van der Waals surface area (Å²) in [5.41, 5.74) is 4.31. The minimum atomic E-state index is -0.244. The van der Waals surface area contributed by atoms with Gasteiger partial charge in [-0.1, -0.05) is 36.4 Å². The van der Waals surface area contributed by atoms with Gasteiger partial charge in [0.15, 0.2) is 11.6 Å². The summed E-state index contributed by atoms with van der Waals surface area (Å²) in [4.78, 5) is 30.5. The number of carbonyl (C=O) groups excluding carboxylic acids is 2. The van der Waals surface area contributed by atoms with Crippen LogP contribution >= 0.6 is 23.5 Å². The van der Waals surface area contributed by atoms with Crippen molar-refractivity contribution >= 4 is 58.6 Å². The normalized spacial score (nSPS) is 14.3. The van der Waals surface area contributed by atoms with Gasteiger partial charge < -0.3 is 9.80 Å². The zero-order chi connectivity index (χ0) is 24.5. The first-order chi connectivity index (χ1) is 16.3. The molecule has 0 spiro atoms. The molecule has 0 aromatic heterocycles. The van der Waals surface area contributed by atoms with E-state index in [2.05, 4.69) is 0 Å². The number of nitrogens with zero attached hydrogens (tertiary/aromatic N) is 2. The molecule has 0 N–H and O–H groups in total. The first-order valence-electron chi connectivity index (χ1n) is 11.3. The van der Waals surface area contributed by atoms with Crippen LogP contribution in [0.2, 0.25) is 0 Å². The predicted octanol–water partition coefficient (Wildman–Crippen LogP) is 6.16. The smallest absolute Gasteiger partial charge is 0.191 e. The Morgan fingerprint density at radius 2 is 1.06 bits per heavy atom. The highest BCUT2D eigenvalue weighted by Gasteiger charge is 2.21. The molecule has 1 saturated heterocycles. The van der Waals surface area contributed by atoms with Crippen LogP contribution < -0.4 is 9.80 Å². The molecule has 0 aliphatic carbocycles. The Morgan fingerprint density at radius 1 is 0.676 bits per heavy atom. The molecule has 34 heavy (non-hydrogen) atoms. The molecule has 2 aromatic carbocycles. The SMILES string of the molecule is CN(C)c1ccc(C=CC(=O)C(C(=O)C=Cc2ccc(N(C)C)cc2)=C2SCCCCS2)cc1. The van der Waals surface area contributed by atoms with Crippen molar-refractivity contribution in [2.24, 2.45) is 0 Å². The Kier molecular flexibility index (Phi) is 9.66. The Hall–Kier alpha value is -2.70. The standard InChI is InChI=1S/C28H32N2O2S2/c1-29(2)23-13-7-21(8-14-23)11-17-25(31)27(28-33-19-5-6-20-34-28)26(32)18-12-22-9-15-24(16-10-22)30(3)4/h7-18H,5-6,19-20H2,1-4H3. The highest BCUT2D eigenvalue weighted by molar-refractivity contribution is 8.22. The van der Waals surface area contributed by atoms with E-state index in [9.17, 15) is 9.59 Å². The Labute approximate surface area is 211 Å². The summed E-state index contributed by atoms with van der Waals surface area (Å²) in [7, 11) is 7.96. The van der Waals surface area contributed by atoms with Crippen LogP contribution in [0.5, 0.6) is 0 Å². The molecule has 3 rings (SSSR count). The highest BCUT2D eigenvalue weighted by Crippen LogP contribution is 2.37. The quantitative estimate of drug-likeness (QED) is 0.250. The average molecular weight is 493 g/mol. The molecule has 178 valence electrons. The van der Waals surface area contributed by atoms with Crippen molar-refractivity contribution < 1.29 is 9.59 Å². The van der Waals surface area contributed by atoms with E-state index in [0.717, 1.165) is 51.1 Å². The Morgan fingerprint density at radius 3 is 1.41 bits per heavy atom. The van der Waals surface area contributed by atoms with Gasteiger partial charge in [-0.05, 0) is 71.9 Å². The Bertz CT molecular complexity index is 997. The third kappa shape index (κ3) is 7.40. The van der Waals surface area contributed by atoms with Crippen LogP contribution in [0.25, 0.3) is 12.2 Å². The molecule has 1 fully saturated rings. The molecular weight excluding hydrogens is 460 g/mol. The molecule has 0 atom stereocenters. The van der Waals surface area contributed by atoms with E-state index in [4.69, 9.17) is 0 Å². The maximum absolute atomic E-state index is 13.2. The lowest BCUT2D eigenvalue weighted by Crippen LogP contribution is -2.11. The number of hydrogen-bond acceptors (Lipinski definition) is 6. The van der Waals surface area contributed by atoms with Crippen LogP contribution in [-0.2, 0) is 9.59 Å². The van der Waals surface area contributed by atoms with Crippen LogP contribution in [0.4, 0.5) is 11.4 Å². The van der Waals surface area contributed by atoms with Crippen LogP contribution in [0.15, 0.2) is 70.5 Å². The van der Waals surface area contributed by atoms with E-state index < -0.39 is 0 Å². The summed E-state index contributed by atoms with van der Waals surface area (Å²) in [6.07, 6.45) is 8.81. The Balaban J connectivity index is 1.83. The lowest BCUT2D eigenvalue weighted by atomic mass is 10.1. The third-order valence-electron chi connectivity index (χ3n) is 5.38. The van der Waals surface area contributed by atoms with E-state index in [1.807, 2.05) is 86.5 Å². The molecule has 1 heterocycles. The van der Waals surface area contributed by atoms with E-state index in [-0.39, 0.29) is 17.1 Å². The summed E-state index contributed by atoms with van der Waals surface area (Å²) in [5.74, 6) is 1.37. The molecule has 6 heteroatoms. The van der Waals surface area contributed by atoms with E-state index in [1.165, 1.54) is 12.2 Å². The monoisotopic (exact) mass is 492 g/mol. The number of allylic oxidation sites excluding steroid dienone is 3. The van der Waals surface area contributed by atoms with Gasteiger partial charge in [-0.15, -0.1) is 23.5 Å². The van der Waals surface area contributed by atoms with Crippen molar-refractivity contribution in [3.05, 3.63) is 81.6 Å². The zero-order valence-corrected chi connectivity index (χ0v) is 21.9. The van der Waals surface area contributed by atoms with Gasteiger partial charge in [0.2, 0.25) is 0 Å². The van der Waals surface area contributed by atoms with Crippen LogP contribution in [0, 0.1) is 0 Å². The average Bonchev–Trinajstić information content (AvgIpc) is 3.11. The third-order valence-corrected chi connectivity index (χ3v) is 8.00. The number of rotatable bonds is 8. The van der Waals surface area contributed by atoms with Crippen molar-refractivity contribution in [2.75, 3.05) is 49.5 Å². The fraction of sp³-hybridized carbons (Fsp3) is 0.286. The maximum atomic E-state index is 13.2. The molecule has 4 nitrogen and oxygen atoms in total. The van der Waals surface area contributed by atoms with Crippen molar-refractivity contribution in [3.63, 3.8) is 0 Å². The topological polar surface area (TPSA) is 40.6 Å². The number of ketones is 2. The second-order valence-corrected chi connectivity index (χ2v) is 10.9. The summed E-state index contributed by atoms with van der Waals surface area (Å²) in [6, 6.07) is 15.9. The summed E-state index contributed by atoms with van der Waals surface area (Å²) >= 11 is 3.25. The number of anilines is 2. The fourth-order valence-corrected chi connectivity index (χ4v) is 5.91. The molecule has 0 bridgehead atoms. The minimum absolute atomic E-state index is 0.244. The maximum Gasteiger partial charge on any atom is 0.191 e. The van der Waals surface area contributed by atoms with Crippen molar-refractivity contribution in [1.29, 1.82) is 0 Å². The van der Waals surface area contributed by atoms with Crippen molar-refractivity contribution in [3.8, 4) is 0 Å². The molecule has 0 radical (unpaired) electrons. The molecule has 0 unspecified atom stereocenters. The van der Waals surface area contributed by atoms with E-state index in [0.29, 0.717) is 0 Å². The van der Waals surface area contributed by atoms with Gasteiger partial charge >= 0.3 is 0 Å². The van der Waals surface area contributed by atoms with Gasteiger partial charge in [0.25, 0.3) is 0 Å². The first kappa shape index (κ1) is 25.9. The van der Waals surface area contributed by atoms with Crippen LogP contribution in [-0.4, -0.2) is 51.3 Å². The van der Waals surface area contributed by atoms with Crippen molar-refractivity contribution in [1.82, 2.24) is 0 Å². The number of benzene rings is 2. The fourth-order valence-electron chi connectivity index (χ4n) is 3.32. The molecule has 2 aromatic rings. The van der Waals surface area contributed by atoms with Crippen molar-refractivity contribution in [2.45, 2.75) is 12.8 Å². The summed E-state index contributed by atoms with van der Waals surface area (Å²) in [6.45, 7) is 0. The van der Waals surface area contributed by atoms with Gasteiger partial charge in [-0.2, -0.15) is 0 Å². The number of hydrogen-bond donors (Lipinski definition) is 0. The molecule has 0 saturated carbocycles. The van der Waals surface area contributed by atoms with Gasteiger partial charge in [0, 0.05) is 39.6 Å². The van der Waals surface area contributed by atoms with Crippen LogP contribution in [0.3, 0.4) is 0 Å². The molecule has 1 aliphatic rings. The summed E-state index contributed by atoms with van der Waals surface area (Å²) in [5, 5.41) is 0. The second-order valence-electron chi connectivity index (χ2n) is 8.43. The van der Waals surface area contributed by atoms with E-state index in [1.54, 1.807) is 35.7 Å². The zero-order valence-electron chi connectivity index (χ0n) is 20.3. The van der Waals surface area contributed by atoms with Crippen LogP contribution in [0.1, 0.15) is 24.0 Å². The summed E-state index contributed by atoms with van der Waals surface area (Å²) < 4.78 is 0.840.